The number of carbonyl (C=O) groups is 3. The number of fused-ring (bicyclic) bond motifs is 3. The number of sulfonamides is 1. The number of hydrogen-bond acceptors (Lipinski definition) is 11. The third kappa shape index (κ3) is 7.23. The molecule has 1 spiro atoms. The fourth-order valence-electron chi connectivity index (χ4n) is 10.8. The molecule has 17 heteroatoms. The first-order valence-electron chi connectivity index (χ1n) is 22.3. The van der Waals surface area contributed by atoms with Gasteiger partial charge >= 0.3 is 6.03 Å². The number of likely N-dealkylation sites (tertiary alicyclic amines) is 1. The summed E-state index contributed by atoms with van der Waals surface area (Å²) in [5.41, 5.74) is 3.33. The molecule has 3 saturated heterocycles. The molecule has 0 bridgehead atoms. The number of imide groups is 1. The van der Waals surface area contributed by atoms with Crippen molar-refractivity contribution in [1.82, 2.24) is 34.3 Å². The maximum absolute atomic E-state index is 14.1. The second kappa shape index (κ2) is 15.4. The quantitative estimate of drug-likeness (QED) is 0.208. The molecular formula is C45H56N10O6S. The van der Waals surface area contributed by atoms with E-state index >= 15 is 0 Å². The predicted molar refractivity (Wildman–Crippen MR) is 233 cm³/mol. The van der Waals surface area contributed by atoms with Crippen molar-refractivity contribution in [3.63, 3.8) is 0 Å². The van der Waals surface area contributed by atoms with Gasteiger partial charge in [0, 0.05) is 74.4 Å². The summed E-state index contributed by atoms with van der Waals surface area (Å²) < 4.78 is 31.5. The van der Waals surface area contributed by atoms with E-state index in [4.69, 9.17) is 4.98 Å². The predicted octanol–water partition coefficient (Wildman–Crippen LogP) is 4.91. The summed E-state index contributed by atoms with van der Waals surface area (Å²) in [6, 6.07) is 13.2. The van der Waals surface area contributed by atoms with Crippen molar-refractivity contribution in [2.75, 3.05) is 41.3 Å². The van der Waals surface area contributed by atoms with Crippen molar-refractivity contribution in [3.8, 4) is 0 Å². The minimum atomic E-state index is -3.73. The Hall–Kier alpha value is -4.97. The van der Waals surface area contributed by atoms with Crippen molar-refractivity contribution in [2.24, 2.45) is 7.05 Å². The number of amides is 4. The van der Waals surface area contributed by atoms with Gasteiger partial charge in [-0.15, -0.1) is 0 Å². The van der Waals surface area contributed by atoms with Crippen molar-refractivity contribution >= 4 is 56.4 Å². The Morgan fingerprint density at radius 2 is 1.76 bits per heavy atom. The van der Waals surface area contributed by atoms with Crippen LogP contribution in [-0.2, 0) is 38.6 Å². The standard InChI is InChI=1S/C45H56N10O6S/c1-44(2)25-30(29-10-11-35-37(23-29)51(3)50-39(35)54-21-15-38(57)48-43(54)59)12-18-52(44)27-28-6-4-9-34(22-28)62(60,61)53-19-13-31(14-20-53)47-42-46-26-36-40(49-42)55(41(58)45(36)16-17-45)32-7-5-8-33(56)24-32/h4,6,9-11,22-23,26,30-33,56H,5,7-8,12-21,24-25,27H2,1-3H3,(H,46,47,49)(H,48,57,59)/t30?,32-,33-/m1/s1. The molecule has 4 aliphatic heterocycles. The SMILES string of the molecule is Cn1nc(N2CCC(=O)NC2=O)c2ccc(C3CCN(Cc4cccc(S(=O)(=O)N5CCC(Nc6ncc7c(n6)N([C@@H]6CCC[C@@H](O)C6)C(=O)C76CC6)CC5)c4)C(C)(C)C3)cc21. The molecule has 16 nitrogen and oxygen atoms in total. The van der Waals surface area contributed by atoms with Gasteiger partial charge in [-0.1, -0.05) is 18.2 Å². The minimum absolute atomic E-state index is 0.0210. The maximum atomic E-state index is 14.1. The number of aliphatic hydroxyl groups excluding tert-OH is 1. The topological polar surface area (TPSA) is 186 Å². The van der Waals surface area contributed by atoms with Crippen molar-refractivity contribution in [3.05, 3.63) is 65.4 Å². The van der Waals surface area contributed by atoms with Gasteiger partial charge in [0.2, 0.25) is 27.8 Å². The number of hydrogen-bond donors (Lipinski definition) is 3. The zero-order valence-electron chi connectivity index (χ0n) is 35.7. The fraction of sp³-hybridized carbons (Fsp3) is 0.556. The van der Waals surface area contributed by atoms with Crippen LogP contribution in [0.5, 0.6) is 0 Å². The molecule has 3 N–H and O–H groups in total. The lowest BCUT2D eigenvalue weighted by Crippen LogP contribution is -2.49. The molecule has 2 aromatic carbocycles. The maximum Gasteiger partial charge on any atom is 0.329 e. The third-order valence-electron chi connectivity index (χ3n) is 14.6. The molecule has 0 radical (unpaired) electrons. The number of piperidine rings is 2. The lowest BCUT2D eigenvalue weighted by atomic mass is 9.78. The van der Waals surface area contributed by atoms with Gasteiger partial charge in [-0.2, -0.15) is 14.4 Å². The molecule has 2 saturated carbocycles. The van der Waals surface area contributed by atoms with Crippen LogP contribution in [0.1, 0.15) is 107 Å². The minimum Gasteiger partial charge on any atom is -0.393 e. The van der Waals surface area contributed by atoms with Gasteiger partial charge in [0.1, 0.15) is 5.82 Å². The van der Waals surface area contributed by atoms with Crippen LogP contribution in [0, 0.1) is 0 Å². The largest absolute Gasteiger partial charge is 0.393 e. The Morgan fingerprint density at radius 1 is 0.952 bits per heavy atom. The van der Waals surface area contributed by atoms with E-state index in [9.17, 15) is 27.9 Å². The van der Waals surface area contributed by atoms with Crippen molar-refractivity contribution in [1.29, 1.82) is 0 Å². The van der Waals surface area contributed by atoms with Gasteiger partial charge in [-0.05, 0) is 126 Å². The number of nitrogens with zero attached hydrogens (tertiary/aromatic N) is 8. The molecule has 6 aliphatic rings. The molecule has 4 aromatic rings. The van der Waals surface area contributed by atoms with Gasteiger partial charge in [0.25, 0.3) is 0 Å². The van der Waals surface area contributed by atoms with Crippen LogP contribution in [0.15, 0.2) is 53.6 Å². The molecule has 1 unspecified atom stereocenters. The highest BCUT2D eigenvalue weighted by molar-refractivity contribution is 7.89. The van der Waals surface area contributed by atoms with E-state index in [-0.39, 0.29) is 35.9 Å². The van der Waals surface area contributed by atoms with Crippen molar-refractivity contribution < 1.29 is 27.9 Å². The number of nitrogens with one attached hydrogen (secondary N) is 2. The van der Waals surface area contributed by atoms with E-state index in [1.54, 1.807) is 21.3 Å². The van der Waals surface area contributed by atoms with Gasteiger partial charge in [0.05, 0.1) is 21.9 Å². The molecule has 3 atom stereocenters. The average molecular weight is 865 g/mol. The Kier molecular flexibility index (Phi) is 10.2. The van der Waals surface area contributed by atoms with Crippen LogP contribution < -0.4 is 20.4 Å². The number of benzene rings is 2. The molecule has 6 heterocycles. The summed E-state index contributed by atoms with van der Waals surface area (Å²) in [6.07, 6.45) is 9.32. The highest BCUT2D eigenvalue weighted by Gasteiger charge is 2.61. The van der Waals surface area contributed by atoms with Crippen LogP contribution in [0.3, 0.4) is 0 Å². The molecule has 4 amide bonds. The Labute approximate surface area is 362 Å². The monoisotopic (exact) mass is 864 g/mol. The summed E-state index contributed by atoms with van der Waals surface area (Å²) in [5, 5.41) is 21.8. The first kappa shape index (κ1) is 41.1. The number of aliphatic hydroxyl groups is 1. The summed E-state index contributed by atoms with van der Waals surface area (Å²) in [4.78, 5) is 53.7. The van der Waals surface area contributed by atoms with Crippen LogP contribution in [0.2, 0.25) is 0 Å². The lowest BCUT2D eigenvalue weighted by Gasteiger charge is -2.46. The summed E-state index contributed by atoms with van der Waals surface area (Å²) in [6.45, 7) is 7.01. The van der Waals surface area contributed by atoms with Gasteiger partial charge in [-0.25, -0.2) is 18.2 Å². The Morgan fingerprint density at radius 3 is 2.50 bits per heavy atom. The van der Waals surface area contributed by atoms with E-state index in [0.717, 1.165) is 73.5 Å². The first-order valence-corrected chi connectivity index (χ1v) is 23.7. The lowest BCUT2D eigenvalue weighted by molar-refractivity contribution is -0.121. The van der Waals surface area contributed by atoms with Crippen LogP contribution in [0.25, 0.3) is 10.9 Å². The molecule has 5 fully saturated rings. The number of anilines is 3. The molecular weight excluding hydrogens is 809 g/mol. The smallest absolute Gasteiger partial charge is 0.329 e. The Bertz CT molecular complexity index is 2570. The van der Waals surface area contributed by atoms with Crippen LogP contribution in [-0.4, -0.2) is 110 Å². The van der Waals surface area contributed by atoms with Crippen LogP contribution in [0.4, 0.5) is 22.4 Å². The highest BCUT2D eigenvalue weighted by atomic mass is 32.2. The summed E-state index contributed by atoms with van der Waals surface area (Å²) in [5.74, 6) is 1.79. The number of urea groups is 1. The molecule has 2 aromatic heterocycles. The van der Waals surface area contributed by atoms with Gasteiger partial charge in [0.15, 0.2) is 5.82 Å². The van der Waals surface area contributed by atoms with Gasteiger partial charge in [-0.3, -0.25) is 34.3 Å². The number of aromatic nitrogens is 4. The van der Waals surface area contributed by atoms with Gasteiger partial charge < -0.3 is 10.4 Å². The van der Waals surface area contributed by atoms with E-state index in [1.807, 2.05) is 36.2 Å². The average Bonchev–Trinajstić information content (AvgIpc) is 3.94. The number of rotatable bonds is 9. The number of aryl methyl sites for hydroxylation is 1. The summed E-state index contributed by atoms with van der Waals surface area (Å²) >= 11 is 0. The molecule has 328 valence electrons. The number of carbonyl (C=O) groups excluding carboxylic acids is 3. The third-order valence-corrected chi connectivity index (χ3v) is 16.5. The molecule has 10 rings (SSSR count). The van der Waals surface area contributed by atoms with Crippen molar-refractivity contribution in [2.45, 2.75) is 131 Å². The zero-order valence-corrected chi connectivity index (χ0v) is 36.5. The molecule has 62 heavy (non-hydrogen) atoms. The second-order valence-corrected chi connectivity index (χ2v) is 21.0. The van der Waals surface area contributed by atoms with E-state index in [2.05, 4.69) is 51.6 Å². The van der Waals surface area contributed by atoms with Crippen LogP contribution >= 0.6 is 0 Å². The second-order valence-electron chi connectivity index (χ2n) is 19.0. The zero-order chi connectivity index (χ0) is 43.1. The summed E-state index contributed by atoms with van der Waals surface area (Å²) in [7, 11) is -1.85. The van der Waals surface area contributed by atoms with E-state index < -0.39 is 27.6 Å². The normalized spacial score (nSPS) is 25.7. The fourth-order valence-corrected chi connectivity index (χ4v) is 12.4. The molecule has 2 aliphatic carbocycles. The van der Waals surface area contributed by atoms with E-state index in [0.29, 0.717) is 73.8 Å². The van der Waals surface area contributed by atoms with E-state index in [1.165, 1.54) is 10.5 Å². The Balaban J connectivity index is 0.766. The highest BCUT2D eigenvalue weighted by Crippen LogP contribution is 2.57. The first-order chi connectivity index (χ1) is 29.7.